The van der Waals surface area contributed by atoms with E-state index in [9.17, 15) is 28.3 Å². The zero-order valence-corrected chi connectivity index (χ0v) is 20.4. The Balaban J connectivity index is 0.00000784. The van der Waals surface area contributed by atoms with Gasteiger partial charge in [-0.05, 0) is 6.42 Å². The Morgan fingerprint density at radius 1 is 0.862 bits per heavy atom. The molecule has 1 aliphatic rings. The first-order valence-electron chi connectivity index (χ1n) is 10.2. The molecule has 29 heavy (non-hydrogen) atoms. The summed E-state index contributed by atoms with van der Waals surface area (Å²) in [6, 6.07) is 0. The molecule has 0 unspecified atom stereocenters. The molecule has 0 amide bonds. The molecule has 0 aromatic heterocycles. The van der Waals surface area contributed by atoms with Gasteiger partial charge in [0.05, 0.1) is 6.61 Å². The molecule has 3 N–H and O–H groups in total. The third-order valence-corrected chi connectivity index (χ3v) is 5.25. The number of aliphatic hydroxyl groups is 3. The zero-order valence-electron chi connectivity index (χ0n) is 17.6. The molecule has 0 spiro atoms. The molecule has 0 radical (unpaired) electrons. The number of ether oxygens (including phenoxy) is 2. The number of aliphatic hydroxyl groups excluding tert-OH is 3. The number of rotatable bonds is 15. The van der Waals surface area contributed by atoms with Gasteiger partial charge in [-0.15, -0.1) is 0 Å². The standard InChI is InChI=1S/C18H36O9S.Na/c1-2-3-4-5-6-7-8-9-10-11-12-25-18-17(21)16(20)15(19)14(27-18)13-26-28(22,23)24;/h14-21H,2-13H2,1H3,(H,22,23,24);/q;+1/p-1/t14-,15-,16+,17-,18-;/m1./s1. The van der Waals surface area contributed by atoms with Crippen LogP contribution in [-0.2, 0) is 24.1 Å². The van der Waals surface area contributed by atoms with Crippen LogP contribution in [0.25, 0.3) is 0 Å². The summed E-state index contributed by atoms with van der Waals surface area (Å²) in [4.78, 5) is 0. The molecule has 0 aliphatic carbocycles. The summed E-state index contributed by atoms with van der Waals surface area (Å²) < 4.78 is 46.3. The predicted octanol–water partition coefficient (Wildman–Crippen LogP) is -1.79. The van der Waals surface area contributed by atoms with Gasteiger partial charge in [0.25, 0.3) is 0 Å². The van der Waals surface area contributed by atoms with Crippen molar-refractivity contribution in [3.05, 3.63) is 0 Å². The van der Waals surface area contributed by atoms with Gasteiger partial charge in [-0.1, -0.05) is 64.7 Å². The minimum atomic E-state index is -4.96. The van der Waals surface area contributed by atoms with E-state index in [1.165, 1.54) is 44.9 Å². The summed E-state index contributed by atoms with van der Waals surface area (Å²) in [6.07, 6.45) is 4.38. The van der Waals surface area contributed by atoms with Gasteiger partial charge in [-0.3, -0.25) is 4.18 Å². The van der Waals surface area contributed by atoms with Crippen molar-refractivity contribution in [2.75, 3.05) is 13.2 Å². The van der Waals surface area contributed by atoms with Crippen LogP contribution in [-0.4, -0.2) is 72.2 Å². The van der Waals surface area contributed by atoms with Crippen molar-refractivity contribution >= 4 is 10.4 Å². The maximum Gasteiger partial charge on any atom is 1.00 e. The van der Waals surface area contributed by atoms with Gasteiger partial charge >= 0.3 is 29.6 Å². The molecule has 1 rings (SSSR count). The van der Waals surface area contributed by atoms with E-state index in [1.807, 2.05) is 0 Å². The summed E-state index contributed by atoms with van der Waals surface area (Å²) in [5.74, 6) is 0. The van der Waals surface area contributed by atoms with E-state index in [4.69, 9.17) is 9.47 Å². The molecule has 168 valence electrons. The van der Waals surface area contributed by atoms with Crippen LogP contribution in [0.3, 0.4) is 0 Å². The van der Waals surface area contributed by atoms with Gasteiger partial charge < -0.3 is 29.3 Å². The second-order valence-electron chi connectivity index (χ2n) is 7.26. The fraction of sp³-hybridized carbons (Fsp3) is 1.00. The maximum atomic E-state index is 10.5. The predicted molar refractivity (Wildman–Crippen MR) is 100 cm³/mol. The second kappa shape index (κ2) is 16.3. The Morgan fingerprint density at radius 2 is 1.38 bits per heavy atom. The minimum Gasteiger partial charge on any atom is -0.726 e. The number of hydrogen-bond donors (Lipinski definition) is 3. The van der Waals surface area contributed by atoms with Crippen LogP contribution in [0.2, 0.25) is 0 Å². The van der Waals surface area contributed by atoms with Crippen LogP contribution < -0.4 is 29.6 Å². The molecule has 0 bridgehead atoms. The second-order valence-corrected chi connectivity index (χ2v) is 8.31. The summed E-state index contributed by atoms with van der Waals surface area (Å²) in [5, 5.41) is 29.6. The van der Waals surface area contributed by atoms with Crippen LogP contribution in [0.4, 0.5) is 0 Å². The fourth-order valence-corrected chi connectivity index (χ4v) is 3.43. The average molecular weight is 451 g/mol. The zero-order chi connectivity index (χ0) is 21.0. The van der Waals surface area contributed by atoms with Crippen LogP contribution in [0.1, 0.15) is 71.1 Å². The van der Waals surface area contributed by atoms with Crippen LogP contribution >= 0.6 is 0 Å². The molecular formula is C18H35NaO9S. The molecule has 5 atom stereocenters. The fourth-order valence-electron chi connectivity index (χ4n) is 3.13. The Kier molecular flexibility index (Phi) is 16.7. The summed E-state index contributed by atoms with van der Waals surface area (Å²) >= 11 is 0. The minimum absolute atomic E-state index is 0. The van der Waals surface area contributed by atoms with E-state index >= 15 is 0 Å². The van der Waals surface area contributed by atoms with Crippen molar-refractivity contribution in [1.29, 1.82) is 0 Å². The number of hydrogen-bond acceptors (Lipinski definition) is 9. The molecule has 0 saturated carbocycles. The third kappa shape index (κ3) is 13.0. The van der Waals surface area contributed by atoms with Crippen LogP contribution in [0, 0.1) is 0 Å². The topological polar surface area (TPSA) is 146 Å². The normalized spacial score (nSPS) is 27.6. The quantitative estimate of drug-likeness (QED) is 0.114. The first-order chi connectivity index (χ1) is 13.3. The van der Waals surface area contributed by atoms with Gasteiger partial charge in [0, 0.05) is 6.61 Å². The smallest absolute Gasteiger partial charge is 0.726 e. The molecule has 9 nitrogen and oxygen atoms in total. The van der Waals surface area contributed by atoms with E-state index in [0.717, 1.165) is 19.3 Å². The summed E-state index contributed by atoms with van der Waals surface area (Å²) in [5.41, 5.74) is 0. The van der Waals surface area contributed by atoms with E-state index in [-0.39, 0.29) is 36.2 Å². The maximum absolute atomic E-state index is 10.5. The molecule has 1 aliphatic heterocycles. The van der Waals surface area contributed by atoms with E-state index in [0.29, 0.717) is 0 Å². The van der Waals surface area contributed by atoms with E-state index < -0.39 is 47.7 Å². The van der Waals surface area contributed by atoms with Crippen LogP contribution in [0.15, 0.2) is 0 Å². The van der Waals surface area contributed by atoms with Gasteiger partial charge in [0.2, 0.25) is 10.4 Å². The first kappa shape index (κ1) is 29.7. The summed E-state index contributed by atoms with van der Waals surface area (Å²) in [7, 11) is -4.96. The Hall–Kier alpha value is 0.670. The van der Waals surface area contributed by atoms with Crippen molar-refractivity contribution in [2.24, 2.45) is 0 Å². The molecule has 0 aromatic rings. The molecule has 0 aromatic carbocycles. The Morgan fingerprint density at radius 3 is 1.90 bits per heavy atom. The van der Waals surface area contributed by atoms with E-state index in [2.05, 4.69) is 11.1 Å². The van der Waals surface area contributed by atoms with Crippen molar-refractivity contribution in [2.45, 2.75) is 102 Å². The Labute approximate surface area is 196 Å². The molecular weight excluding hydrogens is 415 g/mol. The summed E-state index contributed by atoms with van der Waals surface area (Å²) in [6.45, 7) is 1.72. The average Bonchev–Trinajstić information content (AvgIpc) is 2.64. The SMILES string of the molecule is CCCCCCCCCCCCO[C@@H]1O[C@H](COS(=O)(=O)[O-])[C@@H](O)[C@H](O)[C@H]1O.[Na+]. The molecule has 11 heteroatoms. The van der Waals surface area contributed by atoms with Crippen molar-refractivity contribution in [1.82, 2.24) is 0 Å². The first-order valence-corrected chi connectivity index (χ1v) is 11.5. The van der Waals surface area contributed by atoms with Crippen molar-refractivity contribution < 1.29 is 71.5 Å². The third-order valence-electron chi connectivity index (χ3n) is 4.83. The van der Waals surface area contributed by atoms with Crippen molar-refractivity contribution in [3.8, 4) is 0 Å². The molecule has 1 fully saturated rings. The van der Waals surface area contributed by atoms with Gasteiger partial charge in [-0.25, -0.2) is 8.42 Å². The van der Waals surface area contributed by atoms with Gasteiger partial charge in [0.1, 0.15) is 24.4 Å². The molecule has 1 saturated heterocycles. The van der Waals surface area contributed by atoms with Crippen LogP contribution in [0.5, 0.6) is 0 Å². The van der Waals surface area contributed by atoms with Gasteiger partial charge in [-0.2, -0.15) is 0 Å². The van der Waals surface area contributed by atoms with E-state index in [1.54, 1.807) is 0 Å². The largest absolute Gasteiger partial charge is 1.00 e. The Bertz CT molecular complexity index is 506. The monoisotopic (exact) mass is 450 g/mol. The van der Waals surface area contributed by atoms with Gasteiger partial charge in [0.15, 0.2) is 6.29 Å². The van der Waals surface area contributed by atoms with Crippen molar-refractivity contribution in [3.63, 3.8) is 0 Å². The molecule has 1 heterocycles. The number of unbranched alkanes of at least 4 members (excludes halogenated alkanes) is 9.